The summed E-state index contributed by atoms with van der Waals surface area (Å²) >= 11 is 7.74. The molecule has 162 valence electrons. The van der Waals surface area contributed by atoms with Crippen LogP contribution in [0.3, 0.4) is 0 Å². The largest absolute Gasteiger partial charge is 0.455 e. The van der Waals surface area contributed by atoms with Crippen LogP contribution in [0.25, 0.3) is 0 Å². The van der Waals surface area contributed by atoms with Crippen LogP contribution in [0.2, 0.25) is 0 Å². The Labute approximate surface area is 209 Å². The van der Waals surface area contributed by atoms with Crippen LogP contribution in [0.15, 0.2) is 106 Å². The number of halogens is 2. The smallest absolute Gasteiger partial charge is 0.150 e. The summed E-state index contributed by atoms with van der Waals surface area (Å²) in [5.41, 5.74) is 4.78. The number of nitrogens with zero attached hydrogens (tertiary/aromatic N) is 2. The zero-order valence-corrected chi connectivity index (χ0v) is 20.8. The average Bonchev–Trinajstić information content (AvgIpc) is 3.53. The quantitative estimate of drug-likeness (QED) is 0.233. The highest BCUT2D eigenvalue weighted by atomic mass is 79.9. The molecule has 0 N–H and O–H groups in total. The van der Waals surface area contributed by atoms with E-state index in [4.69, 9.17) is 4.74 Å². The Bertz CT molecular complexity index is 1410. The highest BCUT2D eigenvalue weighted by Gasteiger charge is 2.71. The SMILES string of the molecule is Brc1ccccc1[C@H]1N2c3ccccc3Oc3ccccc3[C@H]2[C@@]2(c3ccccc3Br)CN12. The fourth-order valence-electron chi connectivity index (χ4n) is 5.85. The van der Waals surface area contributed by atoms with Gasteiger partial charge in [-0.3, -0.25) is 4.90 Å². The van der Waals surface area contributed by atoms with Gasteiger partial charge in [0.25, 0.3) is 0 Å². The molecule has 1 unspecified atom stereocenters. The molecule has 7 rings (SSSR count). The highest BCUT2D eigenvalue weighted by Crippen LogP contribution is 2.70. The number of benzene rings is 4. The van der Waals surface area contributed by atoms with Gasteiger partial charge in [0.1, 0.15) is 11.9 Å². The normalized spacial score (nSPS) is 26.4. The molecular weight excluding hydrogens is 540 g/mol. The van der Waals surface area contributed by atoms with Gasteiger partial charge in [-0.05, 0) is 35.9 Å². The van der Waals surface area contributed by atoms with Crippen molar-refractivity contribution in [3.63, 3.8) is 0 Å². The predicted octanol–water partition coefficient (Wildman–Crippen LogP) is 7.79. The third kappa shape index (κ3) is 2.70. The molecule has 4 aromatic carbocycles. The van der Waals surface area contributed by atoms with Gasteiger partial charge in [-0.1, -0.05) is 98.6 Å². The van der Waals surface area contributed by atoms with E-state index < -0.39 is 0 Å². The summed E-state index contributed by atoms with van der Waals surface area (Å²) in [6, 6.07) is 34.3. The van der Waals surface area contributed by atoms with Crippen molar-refractivity contribution in [2.45, 2.75) is 17.7 Å². The standard InChI is InChI=1S/C28H20Br2N2O/c29-21-12-4-1-9-18(21)27-31-17-28(31,20-11-3-5-13-22(20)30)26-19-10-2-7-15-24(19)33-25-16-8-6-14-23(25)32(26)27/h1-16,26-27H,17H2/t26-,27+,28-,31?/m0/s1. The molecule has 0 radical (unpaired) electrons. The zero-order chi connectivity index (χ0) is 22.2. The van der Waals surface area contributed by atoms with Gasteiger partial charge in [0.05, 0.1) is 17.3 Å². The lowest BCUT2D eigenvalue weighted by Crippen LogP contribution is -2.34. The van der Waals surface area contributed by atoms with Gasteiger partial charge in [-0.2, -0.15) is 0 Å². The minimum Gasteiger partial charge on any atom is -0.455 e. The van der Waals surface area contributed by atoms with Gasteiger partial charge in [-0.25, -0.2) is 0 Å². The second-order valence-electron chi connectivity index (χ2n) is 8.84. The Kier molecular flexibility index (Phi) is 4.33. The lowest BCUT2D eigenvalue weighted by molar-refractivity contribution is 0.398. The summed E-state index contributed by atoms with van der Waals surface area (Å²) in [6.45, 7) is 0.985. The number of para-hydroxylation sites is 3. The topological polar surface area (TPSA) is 15.5 Å². The van der Waals surface area contributed by atoms with E-state index in [-0.39, 0.29) is 17.7 Å². The van der Waals surface area contributed by atoms with Gasteiger partial charge in [-0.15, -0.1) is 0 Å². The fourth-order valence-corrected chi connectivity index (χ4v) is 6.97. The number of ether oxygens (including phenoxy) is 1. The molecule has 3 aliphatic rings. The van der Waals surface area contributed by atoms with E-state index in [1.54, 1.807) is 0 Å². The van der Waals surface area contributed by atoms with Crippen molar-refractivity contribution >= 4 is 37.5 Å². The Morgan fingerprint density at radius 3 is 2.12 bits per heavy atom. The van der Waals surface area contributed by atoms with Crippen molar-refractivity contribution in [2.75, 3.05) is 11.4 Å². The molecule has 2 fully saturated rings. The first-order valence-electron chi connectivity index (χ1n) is 11.1. The van der Waals surface area contributed by atoms with Crippen LogP contribution in [0.5, 0.6) is 11.5 Å². The summed E-state index contributed by atoms with van der Waals surface area (Å²) in [4.78, 5) is 5.21. The molecule has 0 spiro atoms. The summed E-state index contributed by atoms with van der Waals surface area (Å²) in [5, 5.41) is 0. The minimum absolute atomic E-state index is 0.0774. The summed E-state index contributed by atoms with van der Waals surface area (Å²) in [6.07, 6.45) is 0.0774. The first-order valence-corrected chi connectivity index (χ1v) is 12.7. The Hall–Kier alpha value is -2.60. The first-order chi connectivity index (χ1) is 16.2. The molecule has 3 nitrogen and oxygen atoms in total. The molecular formula is C28H20Br2N2O. The second-order valence-corrected chi connectivity index (χ2v) is 10.6. The molecule has 0 aromatic heterocycles. The molecule has 0 bridgehead atoms. The Balaban J connectivity index is 1.55. The van der Waals surface area contributed by atoms with Gasteiger partial charge >= 0.3 is 0 Å². The highest BCUT2D eigenvalue weighted by molar-refractivity contribution is 9.10. The van der Waals surface area contributed by atoms with E-state index in [0.717, 1.165) is 32.7 Å². The maximum absolute atomic E-state index is 6.55. The number of anilines is 1. The first kappa shape index (κ1) is 19.8. The zero-order valence-electron chi connectivity index (χ0n) is 17.7. The van der Waals surface area contributed by atoms with Crippen LogP contribution >= 0.6 is 31.9 Å². The van der Waals surface area contributed by atoms with Gasteiger partial charge in [0.2, 0.25) is 0 Å². The lowest BCUT2D eigenvalue weighted by Gasteiger charge is -2.36. The summed E-state index contributed by atoms with van der Waals surface area (Å²) in [5.74, 6) is 1.83. The van der Waals surface area contributed by atoms with Crippen molar-refractivity contribution in [1.29, 1.82) is 0 Å². The van der Waals surface area contributed by atoms with E-state index in [0.29, 0.717) is 0 Å². The van der Waals surface area contributed by atoms with E-state index in [1.807, 2.05) is 0 Å². The molecule has 0 saturated carbocycles. The number of hydrogen-bond acceptors (Lipinski definition) is 3. The monoisotopic (exact) mass is 558 g/mol. The number of rotatable bonds is 2. The molecule has 2 saturated heterocycles. The number of fused-ring (bicyclic) bond motifs is 7. The van der Waals surface area contributed by atoms with Crippen molar-refractivity contribution < 1.29 is 4.74 Å². The molecule has 3 aliphatic heterocycles. The summed E-state index contributed by atoms with van der Waals surface area (Å²) < 4.78 is 8.82. The maximum atomic E-state index is 6.55. The molecule has 4 aromatic rings. The fraction of sp³-hybridized carbons (Fsp3) is 0.143. The van der Waals surface area contributed by atoms with Crippen LogP contribution in [-0.2, 0) is 5.54 Å². The molecule has 5 heteroatoms. The molecule has 3 heterocycles. The molecule has 4 atom stereocenters. The van der Waals surface area contributed by atoms with E-state index in [2.05, 4.69) is 139 Å². The lowest BCUT2D eigenvalue weighted by atomic mass is 9.85. The minimum atomic E-state index is -0.156. The van der Waals surface area contributed by atoms with Crippen LogP contribution < -0.4 is 9.64 Å². The van der Waals surface area contributed by atoms with Crippen molar-refractivity contribution in [3.8, 4) is 11.5 Å². The Morgan fingerprint density at radius 2 is 1.33 bits per heavy atom. The van der Waals surface area contributed by atoms with Crippen LogP contribution in [0.1, 0.15) is 28.9 Å². The van der Waals surface area contributed by atoms with Crippen molar-refractivity contribution in [2.24, 2.45) is 0 Å². The summed E-state index contributed by atoms with van der Waals surface area (Å²) in [7, 11) is 0. The van der Waals surface area contributed by atoms with Crippen LogP contribution in [0, 0.1) is 0 Å². The Morgan fingerprint density at radius 1 is 0.697 bits per heavy atom. The van der Waals surface area contributed by atoms with E-state index in [9.17, 15) is 0 Å². The van der Waals surface area contributed by atoms with Crippen molar-refractivity contribution in [3.05, 3.63) is 123 Å². The van der Waals surface area contributed by atoms with Crippen LogP contribution in [0.4, 0.5) is 5.69 Å². The molecule has 33 heavy (non-hydrogen) atoms. The molecule has 0 aliphatic carbocycles. The third-order valence-corrected chi connectivity index (χ3v) is 8.62. The molecule has 0 amide bonds. The second kappa shape index (κ2) is 7.20. The van der Waals surface area contributed by atoms with Gasteiger partial charge in [0, 0.05) is 26.6 Å². The van der Waals surface area contributed by atoms with Crippen molar-refractivity contribution in [1.82, 2.24) is 4.90 Å². The van der Waals surface area contributed by atoms with Gasteiger partial charge in [0.15, 0.2) is 5.75 Å². The average molecular weight is 560 g/mol. The van der Waals surface area contributed by atoms with Crippen LogP contribution in [-0.4, -0.2) is 11.4 Å². The van der Waals surface area contributed by atoms with E-state index >= 15 is 0 Å². The number of hydrogen-bond donors (Lipinski definition) is 0. The predicted molar refractivity (Wildman–Crippen MR) is 138 cm³/mol. The third-order valence-electron chi connectivity index (χ3n) is 7.21. The van der Waals surface area contributed by atoms with Gasteiger partial charge < -0.3 is 9.64 Å². The maximum Gasteiger partial charge on any atom is 0.150 e. The van der Waals surface area contributed by atoms with E-state index in [1.165, 1.54) is 16.7 Å².